The van der Waals surface area contributed by atoms with Gasteiger partial charge in [-0.1, -0.05) is 0 Å². The number of sulfonamides is 1. The van der Waals surface area contributed by atoms with E-state index in [1.54, 1.807) is 7.05 Å². The first-order valence-corrected chi connectivity index (χ1v) is 6.35. The van der Waals surface area contributed by atoms with Crippen LogP contribution < -0.4 is 4.72 Å². The summed E-state index contributed by atoms with van der Waals surface area (Å²) in [6.45, 7) is 2.71. The second kappa shape index (κ2) is 4.46. The van der Waals surface area contributed by atoms with Crippen molar-refractivity contribution in [2.24, 2.45) is 12.5 Å². The van der Waals surface area contributed by atoms with Crippen molar-refractivity contribution >= 4 is 16.0 Å². The number of hydrogen-bond donors (Lipinski definition) is 2. The largest absolute Gasteiger partial charge is 0.481 e. The van der Waals surface area contributed by atoms with Crippen molar-refractivity contribution in [2.75, 3.05) is 6.54 Å². The highest BCUT2D eigenvalue weighted by Gasteiger charge is 2.29. The number of aliphatic carboxylic acids is 1. The van der Waals surface area contributed by atoms with Crippen LogP contribution in [0.4, 0.5) is 0 Å². The molecule has 0 atom stereocenters. The minimum atomic E-state index is -3.70. The minimum Gasteiger partial charge on any atom is -0.481 e. The fourth-order valence-corrected chi connectivity index (χ4v) is 2.17. The van der Waals surface area contributed by atoms with Gasteiger partial charge in [0.15, 0.2) is 0 Å². The number of carboxylic acids is 1. The number of nitrogens with one attached hydrogen (secondary N) is 1. The highest BCUT2D eigenvalue weighted by molar-refractivity contribution is 7.89. The van der Waals surface area contributed by atoms with Crippen molar-refractivity contribution in [2.45, 2.75) is 18.7 Å². The predicted octanol–water partition coefficient (Wildman–Crippen LogP) is -0.191. The third-order valence-electron chi connectivity index (χ3n) is 2.27. The van der Waals surface area contributed by atoms with Crippen molar-refractivity contribution < 1.29 is 18.3 Å². The number of aromatic nitrogens is 2. The van der Waals surface area contributed by atoms with E-state index in [0.29, 0.717) is 0 Å². The molecule has 0 radical (unpaired) electrons. The van der Waals surface area contributed by atoms with Crippen LogP contribution in [-0.2, 0) is 21.9 Å². The number of nitrogens with zero attached hydrogens (tertiary/aromatic N) is 2. The summed E-state index contributed by atoms with van der Waals surface area (Å²) in [6, 6.07) is 0. The molecular weight excluding hydrogens is 246 g/mol. The molecule has 1 aromatic heterocycles. The molecule has 1 heterocycles. The first-order valence-electron chi connectivity index (χ1n) is 4.87. The lowest BCUT2D eigenvalue weighted by Crippen LogP contribution is -2.38. The zero-order chi connectivity index (χ0) is 13.3. The Morgan fingerprint density at radius 1 is 1.59 bits per heavy atom. The van der Waals surface area contributed by atoms with Crippen LogP contribution in [0.5, 0.6) is 0 Å². The highest BCUT2D eigenvalue weighted by atomic mass is 32.2. The molecule has 0 saturated carbocycles. The van der Waals surface area contributed by atoms with Crippen molar-refractivity contribution in [3.05, 3.63) is 12.4 Å². The molecule has 0 unspecified atom stereocenters. The molecule has 0 spiro atoms. The maximum Gasteiger partial charge on any atom is 0.310 e. The average molecular weight is 261 g/mol. The molecule has 0 saturated heterocycles. The van der Waals surface area contributed by atoms with Crippen LogP contribution in [0.2, 0.25) is 0 Å². The lowest BCUT2D eigenvalue weighted by Gasteiger charge is -2.18. The molecule has 1 aromatic rings. The Balaban J connectivity index is 2.79. The number of rotatable bonds is 5. The van der Waals surface area contributed by atoms with Crippen molar-refractivity contribution in [1.29, 1.82) is 0 Å². The van der Waals surface area contributed by atoms with Gasteiger partial charge in [-0.15, -0.1) is 0 Å². The summed E-state index contributed by atoms with van der Waals surface area (Å²) in [6.07, 6.45) is 2.55. The fourth-order valence-electron chi connectivity index (χ4n) is 0.972. The summed E-state index contributed by atoms with van der Waals surface area (Å²) in [5.41, 5.74) is -1.16. The van der Waals surface area contributed by atoms with E-state index in [0.717, 1.165) is 0 Å². The molecule has 0 amide bonds. The van der Waals surface area contributed by atoms with Crippen LogP contribution >= 0.6 is 0 Å². The Bertz CT molecular complexity index is 518. The predicted molar refractivity (Wildman–Crippen MR) is 59.8 cm³/mol. The maximum atomic E-state index is 11.8. The average Bonchev–Trinajstić information content (AvgIpc) is 2.63. The lowest BCUT2D eigenvalue weighted by molar-refractivity contribution is -0.146. The van der Waals surface area contributed by atoms with Gasteiger partial charge in [-0.25, -0.2) is 13.1 Å². The third kappa shape index (κ3) is 3.27. The summed E-state index contributed by atoms with van der Waals surface area (Å²) >= 11 is 0. The molecule has 2 N–H and O–H groups in total. The van der Waals surface area contributed by atoms with E-state index in [1.165, 1.54) is 30.9 Å². The number of carboxylic acid groups (broad SMARTS) is 1. The Morgan fingerprint density at radius 2 is 2.18 bits per heavy atom. The van der Waals surface area contributed by atoms with Crippen molar-refractivity contribution in [3.8, 4) is 0 Å². The second-order valence-corrected chi connectivity index (χ2v) is 6.13. The summed E-state index contributed by atoms with van der Waals surface area (Å²) in [5.74, 6) is -1.06. The smallest absolute Gasteiger partial charge is 0.310 e. The van der Waals surface area contributed by atoms with Gasteiger partial charge < -0.3 is 5.11 Å². The van der Waals surface area contributed by atoms with Crippen LogP contribution in [-0.4, -0.2) is 35.8 Å². The normalized spacial score (nSPS) is 12.6. The molecule has 0 aromatic carbocycles. The van der Waals surface area contributed by atoms with Gasteiger partial charge in [0.25, 0.3) is 0 Å². The molecule has 7 nitrogen and oxygen atoms in total. The summed E-state index contributed by atoms with van der Waals surface area (Å²) in [7, 11) is -2.11. The molecule has 0 aliphatic rings. The first-order chi connectivity index (χ1) is 7.65. The Morgan fingerprint density at radius 3 is 2.59 bits per heavy atom. The molecular formula is C9H15N3O4S. The van der Waals surface area contributed by atoms with E-state index in [9.17, 15) is 13.2 Å². The molecule has 8 heteroatoms. The standard InChI is InChI=1S/C9H15N3O4S/c1-9(2,8(13)14)6-11-17(15,16)7-4-10-12(3)5-7/h4-5,11H,6H2,1-3H3,(H,13,14). The molecule has 0 bridgehead atoms. The van der Waals surface area contributed by atoms with E-state index in [-0.39, 0.29) is 11.4 Å². The van der Waals surface area contributed by atoms with Gasteiger partial charge in [0.05, 0.1) is 11.6 Å². The van der Waals surface area contributed by atoms with Gasteiger partial charge in [0.2, 0.25) is 10.0 Å². The lowest BCUT2D eigenvalue weighted by atomic mass is 9.95. The third-order valence-corrected chi connectivity index (χ3v) is 3.63. The fraction of sp³-hybridized carbons (Fsp3) is 0.556. The monoisotopic (exact) mass is 261 g/mol. The van der Waals surface area contributed by atoms with E-state index in [4.69, 9.17) is 5.11 Å². The van der Waals surface area contributed by atoms with Crippen LogP contribution in [0, 0.1) is 5.41 Å². The quantitative estimate of drug-likeness (QED) is 0.765. The van der Waals surface area contributed by atoms with Gasteiger partial charge >= 0.3 is 5.97 Å². The molecule has 0 aliphatic heterocycles. The molecule has 0 fully saturated rings. The van der Waals surface area contributed by atoms with Gasteiger partial charge in [-0.3, -0.25) is 9.48 Å². The van der Waals surface area contributed by atoms with Crippen LogP contribution in [0.3, 0.4) is 0 Å². The Hall–Kier alpha value is -1.41. The Labute approximate surface area is 99.5 Å². The molecule has 0 aliphatic carbocycles. The number of carbonyl (C=O) groups is 1. The van der Waals surface area contributed by atoms with Crippen LogP contribution in [0.1, 0.15) is 13.8 Å². The zero-order valence-corrected chi connectivity index (χ0v) is 10.7. The van der Waals surface area contributed by atoms with E-state index in [2.05, 4.69) is 9.82 Å². The van der Waals surface area contributed by atoms with Gasteiger partial charge in [-0.2, -0.15) is 5.10 Å². The number of hydrogen-bond acceptors (Lipinski definition) is 4. The zero-order valence-electron chi connectivity index (χ0n) is 9.84. The van der Waals surface area contributed by atoms with E-state index < -0.39 is 21.4 Å². The van der Waals surface area contributed by atoms with Crippen LogP contribution in [0.15, 0.2) is 17.3 Å². The van der Waals surface area contributed by atoms with Gasteiger partial charge in [0, 0.05) is 19.8 Å². The summed E-state index contributed by atoms with van der Waals surface area (Å²) < 4.78 is 27.1. The minimum absolute atomic E-state index is 0.0150. The van der Waals surface area contributed by atoms with E-state index in [1.807, 2.05) is 0 Å². The van der Waals surface area contributed by atoms with Gasteiger partial charge in [-0.05, 0) is 13.8 Å². The second-order valence-electron chi connectivity index (χ2n) is 4.36. The summed E-state index contributed by atoms with van der Waals surface area (Å²) in [4.78, 5) is 10.8. The SMILES string of the molecule is Cn1cc(S(=O)(=O)NCC(C)(C)C(=O)O)cn1. The van der Waals surface area contributed by atoms with Crippen molar-refractivity contribution in [1.82, 2.24) is 14.5 Å². The van der Waals surface area contributed by atoms with Crippen molar-refractivity contribution in [3.63, 3.8) is 0 Å². The summed E-state index contributed by atoms with van der Waals surface area (Å²) in [5, 5.41) is 12.6. The molecule has 17 heavy (non-hydrogen) atoms. The topological polar surface area (TPSA) is 101 Å². The van der Waals surface area contributed by atoms with Crippen LogP contribution in [0.25, 0.3) is 0 Å². The molecule has 1 rings (SSSR count). The van der Waals surface area contributed by atoms with Gasteiger partial charge in [0.1, 0.15) is 4.90 Å². The molecule has 96 valence electrons. The highest BCUT2D eigenvalue weighted by Crippen LogP contribution is 2.15. The number of aryl methyl sites for hydroxylation is 1. The Kier molecular flexibility index (Phi) is 3.58. The first kappa shape index (κ1) is 13.7. The maximum absolute atomic E-state index is 11.8. The van der Waals surface area contributed by atoms with E-state index >= 15 is 0 Å².